The molecule has 44 heavy (non-hydrogen) atoms. The molecule has 9 nitrogen and oxygen atoms in total. The lowest BCUT2D eigenvalue weighted by atomic mass is 9.72. The zero-order valence-corrected chi connectivity index (χ0v) is 24.8. The van der Waals surface area contributed by atoms with Gasteiger partial charge in [-0.1, -0.05) is 30.3 Å². The predicted molar refractivity (Wildman–Crippen MR) is 171 cm³/mol. The third-order valence-corrected chi connectivity index (χ3v) is 9.81. The van der Waals surface area contributed by atoms with Crippen LogP contribution in [0.5, 0.6) is 0 Å². The van der Waals surface area contributed by atoms with E-state index in [4.69, 9.17) is 20.4 Å². The third-order valence-electron chi connectivity index (χ3n) is 9.81. The highest BCUT2D eigenvalue weighted by atomic mass is 16.5. The van der Waals surface area contributed by atoms with E-state index in [2.05, 4.69) is 55.7 Å². The maximum atomic E-state index is 11.8. The van der Waals surface area contributed by atoms with Crippen LogP contribution in [0, 0.1) is 11.3 Å². The summed E-state index contributed by atoms with van der Waals surface area (Å²) in [4.78, 5) is 31.3. The Morgan fingerprint density at radius 2 is 1.68 bits per heavy atom. The molecule has 0 amide bonds. The van der Waals surface area contributed by atoms with E-state index < -0.39 is 0 Å². The molecule has 8 rings (SSSR count). The molecule has 5 heterocycles. The standard InChI is InChI=1S/C35H35N7O2/c1-44-34(43)24-18-27(19-24)41-21-35(22-41)15-17-40(20-35)25-9-11-26(12-10-25)42-32(28-8-5-16-37-31(28)36)39-30-14-13-29(38-33(30)42)23-6-3-2-4-7-23/h2-14,16,24,27H,15,17-22H2,1H3,(H2,36,37). The Balaban J connectivity index is 1.06. The Hall–Kier alpha value is -4.76. The molecule has 2 aromatic carbocycles. The topological polar surface area (TPSA) is 102 Å². The number of fused-ring (bicyclic) bond motifs is 1. The largest absolute Gasteiger partial charge is 0.469 e. The van der Waals surface area contributed by atoms with Gasteiger partial charge in [-0.15, -0.1) is 0 Å². The summed E-state index contributed by atoms with van der Waals surface area (Å²) in [5, 5.41) is 0. The molecule has 1 saturated carbocycles. The van der Waals surface area contributed by atoms with Crippen molar-refractivity contribution in [3.05, 3.63) is 85.1 Å². The van der Waals surface area contributed by atoms with Crippen LogP contribution in [0.15, 0.2) is 85.1 Å². The number of anilines is 2. The van der Waals surface area contributed by atoms with Crippen molar-refractivity contribution in [2.75, 3.05) is 43.9 Å². The van der Waals surface area contributed by atoms with Gasteiger partial charge in [0.25, 0.3) is 0 Å². The lowest BCUT2D eigenvalue weighted by molar-refractivity contribution is -0.153. The molecular formula is C35H35N7O2. The lowest BCUT2D eigenvalue weighted by Crippen LogP contribution is -2.63. The molecule has 1 spiro atoms. The molecule has 3 fully saturated rings. The Kier molecular flexibility index (Phi) is 6.37. The number of ether oxygens (including phenoxy) is 1. The summed E-state index contributed by atoms with van der Waals surface area (Å²) in [6.07, 6.45) is 4.76. The normalized spacial score (nSPS) is 20.9. The number of esters is 1. The van der Waals surface area contributed by atoms with Crippen LogP contribution in [0.25, 0.3) is 39.5 Å². The molecule has 5 aromatic rings. The van der Waals surface area contributed by atoms with E-state index in [0.717, 1.165) is 78.5 Å². The second-order valence-electron chi connectivity index (χ2n) is 12.6. The fourth-order valence-corrected chi connectivity index (χ4v) is 7.30. The van der Waals surface area contributed by atoms with Gasteiger partial charge in [0.1, 0.15) is 11.3 Å². The second kappa shape index (κ2) is 10.4. The summed E-state index contributed by atoms with van der Waals surface area (Å²) < 4.78 is 7.01. The van der Waals surface area contributed by atoms with Gasteiger partial charge in [0.2, 0.25) is 0 Å². The first-order valence-electron chi connectivity index (χ1n) is 15.3. The van der Waals surface area contributed by atoms with Crippen molar-refractivity contribution >= 4 is 28.6 Å². The number of carbonyl (C=O) groups excluding carboxylic acids is 1. The fraction of sp³-hybridized carbons (Fsp3) is 0.314. The van der Waals surface area contributed by atoms with Crippen LogP contribution < -0.4 is 10.6 Å². The van der Waals surface area contributed by atoms with Crippen molar-refractivity contribution in [2.45, 2.75) is 25.3 Å². The summed E-state index contributed by atoms with van der Waals surface area (Å²) in [6.45, 7) is 4.35. The van der Waals surface area contributed by atoms with Gasteiger partial charge < -0.3 is 15.4 Å². The minimum Gasteiger partial charge on any atom is -0.469 e. The number of nitrogens with two attached hydrogens (primary N) is 1. The Labute approximate surface area is 256 Å². The van der Waals surface area contributed by atoms with Gasteiger partial charge in [-0.25, -0.2) is 15.0 Å². The average molecular weight is 586 g/mol. The molecule has 3 aliphatic rings. The van der Waals surface area contributed by atoms with Crippen molar-refractivity contribution < 1.29 is 9.53 Å². The van der Waals surface area contributed by atoms with E-state index >= 15 is 0 Å². The molecule has 222 valence electrons. The van der Waals surface area contributed by atoms with Gasteiger partial charge >= 0.3 is 5.97 Å². The monoisotopic (exact) mass is 585 g/mol. The number of likely N-dealkylation sites (tertiary alicyclic amines) is 1. The van der Waals surface area contributed by atoms with Crippen LogP contribution >= 0.6 is 0 Å². The van der Waals surface area contributed by atoms with Gasteiger partial charge in [0.15, 0.2) is 11.5 Å². The number of carbonyl (C=O) groups is 1. The predicted octanol–water partition coefficient (Wildman–Crippen LogP) is 5.20. The second-order valence-corrected chi connectivity index (χ2v) is 12.6. The summed E-state index contributed by atoms with van der Waals surface area (Å²) in [5.74, 6) is 1.18. The molecule has 2 aliphatic heterocycles. The van der Waals surface area contributed by atoms with Crippen molar-refractivity contribution in [3.8, 4) is 28.3 Å². The summed E-state index contributed by atoms with van der Waals surface area (Å²) in [7, 11) is 1.49. The first kappa shape index (κ1) is 26.8. The third kappa shape index (κ3) is 4.50. The number of benzene rings is 2. The van der Waals surface area contributed by atoms with Gasteiger partial charge in [0, 0.05) is 60.8 Å². The highest BCUT2D eigenvalue weighted by Gasteiger charge is 2.52. The van der Waals surface area contributed by atoms with Crippen molar-refractivity contribution in [3.63, 3.8) is 0 Å². The van der Waals surface area contributed by atoms with E-state index in [1.807, 2.05) is 42.5 Å². The molecule has 3 aromatic heterocycles. The molecule has 0 radical (unpaired) electrons. The van der Waals surface area contributed by atoms with Crippen molar-refractivity contribution in [2.24, 2.45) is 11.3 Å². The summed E-state index contributed by atoms with van der Waals surface area (Å²) in [6, 6.07) is 27.3. The van der Waals surface area contributed by atoms with Crippen LogP contribution in [0.3, 0.4) is 0 Å². The minimum atomic E-state index is -0.0564. The van der Waals surface area contributed by atoms with Crippen LogP contribution in [0.1, 0.15) is 19.3 Å². The average Bonchev–Trinajstić information content (AvgIpc) is 3.63. The van der Waals surface area contributed by atoms with E-state index in [1.54, 1.807) is 6.20 Å². The fourth-order valence-electron chi connectivity index (χ4n) is 7.30. The van der Waals surface area contributed by atoms with E-state index in [-0.39, 0.29) is 11.9 Å². The lowest BCUT2D eigenvalue weighted by Gasteiger charge is -2.55. The van der Waals surface area contributed by atoms with Gasteiger partial charge in [-0.3, -0.25) is 14.3 Å². The quantitative estimate of drug-likeness (QED) is 0.272. The summed E-state index contributed by atoms with van der Waals surface area (Å²) >= 11 is 0. The maximum Gasteiger partial charge on any atom is 0.308 e. The van der Waals surface area contributed by atoms with E-state index in [0.29, 0.717) is 17.3 Å². The number of hydrogen-bond acceptors (Lipinski definition) is 8. The number of methoxy groups -OCH3 is 1. The first-order valence-corrected chi connectivity index (χ1v) is 15.3. The van der Waals surface area contributed by atoms with Crippen molar-refractivity contribution in [1.82, 2.24) is 24.4 Å². The molecule has 1 aliphatic carbocycles. The molecule has 0 unspecified atom stereocenters. The Morgan fingerprint density at radius 1 is 0.909 bits per heavy atom. The Morgan fingerprint density at radius 3 is 2.43 bits per heavy atom. The number of aromatic nitrogens is 4. The highest BCUT2D eigenvalue weighted by Crippen LogP contribution is 2.46. The number of nitrogens with zero attached hydrogens (tertiary/aromatic N) is 6. The van der Waals surface area contributed by atoms with Crippen LogP contribution in [0.4, 0.5) is 11.5 Å². The number of hydrogen-bond donors (Lipinski definition) is 1. The first-order chi connectivity index (χ1) is 21.5. The zero-order valence-electron chi connectivity index (χ0n) is 24.8. The van der Waals surface area contributed by atoms with Gasteiger partial charge in [0.05, 0.1) is 24.3 Å². The number of rotatable bonds is 6. The van der Waals surface area contributed by atoms with E-state index in [1.165, 1.54) is 19.2 Å². The maximum absolute atomic E-state index is 11.8. The Bertz CT molecular complexity index is 1840. The smallest absolute Gasteiger partial charge is 0.308 e. The molecule has 0 atom stereocenters. The van der Waals surface area contributed by atoms with Crippen LogP contribution in [-0.2, 0) is 9.53 Å². The van der Waals surface area contributed by atoms with Crippen LogP contribution in [-0.4, -0.2) is 69.7 Å². The molecular weight excluding hydrogens is 550 g/mol. The van der Waals surface area contributed by atoms with Gasteiger partial charge in [-0.05, 0) is 67.8 Å². The minimum absolute atomic E-state index is 0.0564. The summed E-state index contributed by atoms with van der Waals surface area (Å²) in [5.41, 5.74) is 13.2. The molecule has 2 saturated heterocycles. The molecule has 2 N–H and O–H groups in total. The zero-order chi connectivity index (χ0) is 29.8. The van der Waals surface area contributed by atoms with Crippen molar-refractivity contribution in [1.29, 1.82) is 0 Å². The van der Waals surface area contributed by atoms with Crippen LogP contribution in [0.2, 0.25) is 0 Å². The molecule has 0 bridgehead atoms. The van der Waals surface area contributed by atoms with E-state index in [9.17, 15) is 4.79 Å². The highest BCUT2D eigenvalue weighted by molar-refractivity contribution is 5.84. The SMILES string of the molecule is COC(=O)C1CC(N2CC3(CCN(c4ccc(-n5c(-c6cccnc6N)nc6ccc(-c7ccccc7)nc65)cc4)C3)C2)C1. The number of nitrogen functional groups attached to an aromatic ring is 1. The number of imidazole rings is 1. The number of pyridine rings is 2. The molecule has 9 heteroatoms. The van der Waals surface area contributed by atoms with Gasteiger partial charge in [-0.2, -0.15) is 0 Å².